The van der Waals surface area contributed by atoms with Gasteiger partial charge in [0.2, 0.25) is 0 Å². The number of hydrogen-bond donors (Lipinski definition) is 1. The molecule has 0 unspecified atom stereocenters. The maximum absolute atomic E-state index is 12.2. The fourth-order valence-corrected chi connectivity index (χ4v) is 3.03. The Morgan fingerprint density at radius 3 is 2.69 bits per heavy atom. The molecule has 9 heteroatoms. The highest BCUT2D eigenvalue weighted by Crippen LogP contribution is 2.27. The minimum Gasteiger partial charge on any atom is -0.452 e. The SMILES string of the molecule is CCSc1ccccc1C(=O)OCC(=O)Nc1ccc(Cl)cc1[N+](=O)[O-]. The van der Waals surface area contributed by atoms with Crippen LogP contribution in [0.3, 0.4) is 0 Å². The molecule has 1 amide bonds. The molecule has 0 aliphatic rings. The third kappa shape index (κ3) is 5.21. The lowest BCUT2D eigenvalue weighted by atomic mass is 10.2. The number of thioether (sulfide) groups is 1. The number of benzene rings is 2. The third-order valence-electron chi connectivity index (χ3n) is 3.17. The molecule has 0 spiro atoms. The summed E-state index contributed by atoms with van der Waals surface area (Å²) in [5.41, 5.74) is -0.00567. The molecule has 0 heterocycles. The summed E-state index contributed by atoms with van der Waals surface area (Å²) in [5.74, 6) is -0.544. The van der Waals surface area contributed by atoms with Crippen LogP contribution >= 0.6 is 23.4 Å². The predicted molar refractivity (Wildman–Crippen MR) is 99.9 cm³/mol. The monoisotopic (exact) mass is 394 g/mol. The number of nitrogens with zero attached hydrogens (tertiary/aromatic N) is 1. The summed E-state index contributed by atoms with van der Waals surface area (Å²) in [4.78, 5) is 35.3. The summed E-state index contributed by atoms with van der Waals surface area (Å²) in [5, 5.41) is 13.5. The molecule has 0 bridgehead atoms. The molecule has 7 nitrogen and oxygen atoms in total. The summed E-state index contributed by atoms with van der Waals surface area (Å²) in [7, 11) is 0. The Balaban J connectivity index is 2.02. The normalized spacial score (nSPS) is 10.2. The molecule has 2 aromatic carbocycles. The maximum Gasteiger partial charge on any atom is 0.339 e. The zero-order chi connectivity index (χ0) is 19.1. The van der Waals surface area contributed by atoms with Crippen LogP contribution in [0.4, 0.5) is 11.4 Å². The molecule has 2 aromatic rings. The quantitative estimate of drug-likeness (QED) is 0.327. The predicted octanol–water partition coefficient (Wildman–Crippen LogP) is 4.16. The Hall–Kier alpha value is -2.58. The fraction of sp³-hybridized carbons (Fsp3) is 0.176. The second-order valence-corrected chi connectivity index (χ2v) is 6.71. The zero-order valence-electron chi connectivity index (χ0n) is 13.7. The lowest BCUT2D eigenvalue weighted by Crippen LogP contribution is -2.21. The number of nitrogens with one attached hydrogen (secondary N) is 1. The van der Waals surface area contributed by atoms with Crippen LogP contribution in [0.2, 0.25) is 5.02 Å². The van der Waals surface area contributed by atoms with E-state index in [1.165, 1.54) is 23.9 Å². The van der Waals surface area contributed by atoms with Gasteiger partial charge in [0.1, 0.15) is 5.69 Å². The maximum atomic E-state index is 12.2. The van der Waals surface area contributed by atoms with Crippen molar-refractivity contribution >= 4 is 46.6 Å². The van der Waals surface area contributed by atoms with Crippen LogP contribution in [0.15, 0.2) is 47.4 Å². The van der Waals surface area contributed by atoms with E-state index in [9.17, 15) is 19.7 Å². The standard InChI is InChI=1S/C17H15ClN2O5S/c1-2-26-15-6-4-3-5-12(15)17(22)25-10-16(21)19-13-8-7-11(18)9-14(13)20(23)24/h3-9H,2,10H2,1H3,(H,19,21). The van der Waals surface area contributed by atoms with Gasteiger partial charge in [-0.3, -0.25) is 14.9 Å². The number of carbonyl (C=O) groups excluding carboxylic acids is 2. The van der Waals surface area contributed by atoms with Crippen LogP contribution in [0, 0.1) is 10.1 Å². The van der Waals surface area contributed by atoms with Crippen molar-refractivity contribution in [2.45, 2.75) is 11.8 Å². The van der Waals surface area contributed by atoms with Gasteiger partial charge in [-0.1, -0.05) is 30.7 Å². The summed E-state index contributed by atoms with van der Waals surface area (Å²) in [6.45, 7) is 1.39. The molecule has 0 saturated carbocycles. The van der Waals surface area contributed by atoms with Gasteiger partial charge >= 0.3 is 5.97 Å². The number of esters is 1. The largest absolute Gasteiger partial charge is 0.452 e. The first-order valence-corrected chi connectivity index (χ1v) is 8.91. The van der Waals surface area contributed by atoms with Gasteiger partial charge in [-0.2, -0.15) is 0 Å². The smallest absolute Gasteiger partial charge is 0.339 e. The summed E-state index contributed by atoms with van der Waals surface area (Å²) < 4.78 is 5.01. The number of ether oxygens (including phenoxy) is 1. The van der Waals surface area contributed by atoms with Gasteiger partial charge in [-0.25, -0.2) is 4.79 Å². The molecule has 0 aliphatic heterocycles. The van der Waals surface area contributed by atoms with E-state index in [1.54, 1.807) is 24.3 Å². The Morgan fingerprint density at radius 1 is 1.27 bits per heavy atom. The first-order chi connectivity index (χ1) is 12.4. The van der Waals surface area contributed by atoms with Crippen LogP contribution in [-0.2, 0) is 9.53 Å². The molecule has 0 saturated heterocycles. The average Bonchev–Trinajstić information content (AvgIpc) is 2.62. The molecule has 1 N–H and O–H groups in total. The number of carbonyl (C=O) groups is 2. The lowest BCUT2D eigenvalue weighted by molar-refractivity contribution is -0.383. The van der Waals surface area contributed by atoms with Crippen LogP contribution < -0.4 is 5.32 Å². The molecule has 136 valence electrons. The van der Waals surface area contributed by atoms with Crippen LogP contribution in [0.1, 0.15) is 17.3 Å². The van der Waals surface area contributed by atoms with Crippen molar-refractivity contribution in [3.05, 3.63) is 63.2 Å². The molecule has 0 radical (unpaired) electrons. The van der Waals surface area contributed by atoms with Gasteiger partial charge in [-0.05, 0) is 30.0 Å². The van der Waals surface area contributed by atoms with Gasteiger partial charge < -0.3 is 10.1 Å². The van der Waals surface area contributed by atoms with E-state index < -0.39 is 23.4 Å². The minimum atomic E-state index is -0.690. The molecule has 0 aromatic heterocycles. The van der Waals surface area contributed by atoms with Gasteiger partial charge in [-0.15, -0.1) is 11.8 Å². The Morgan fingerprint density at radius 2 is 2.00 bits per heavy atom. The van der Waals surface area contributed by atoms with Crippen molar-refractivity contribution in [2.75, 3.05) is 17.7 Å². The summed E-state index contributed by atoms with van der Waals surface area (Å²) in [6, 6.07) is 10.8. The molecule has 0 aliphatic carbocycles. The Kier molecular flexibility index (Phi) is 6.99. The lowest BCUT2D eigenvalue weighted by Gasteiger charge is -2.09. The highest BCUT2D eigenvalue weighted by atomic mass is 35.5. The molecule has 0 atom stereocenters. The van der Waals surface area contributed by atoms with E-state index in [-0.39, 0.29) is 16.4 Å². The van der Waals surface area contributed by atoms with E-state index in [1.807, 2.05) is 6.92 Å². The summed E-state index contributed by atoms with van der Waals surface area (Å²) >= 11 is 7.20. The number of nitro groups is 1. The van der Waals surface area contributed by atoms with E-state index in [0.29, 0.717) is 5.56 Å². The average molecular weight is 395 g/mol. The highest BCUT2D eigenvalue weighted by molar-refractivity contribution is 7.99. The zero-order valence-corrected chi connectivity index (χ0v) is 15.3. The highest BCUT2D eigenvalue weighted by Gasteiger charge is 2.18. The van der Waals surface area contributed by atoms with Crippen LogP contribution in [0.5, 0.6) is 0 Å². The van der Waals surface area contributed by atoms with Crippen molar-refractivity contribution in [1.82, 2.24) is 0 Å². The Bertz CT molecular complexity index is 844. The van der Waals surface area contributed by atoms with E-state index >= 15 is 0 Å². The second-order valence-electron chi connectivity index (χ2n) is 4.97. The first kappa shape index (κ1) is 19.7. The van der Waals surface area contributed by atoms with Gasteiger partial charge in [0.05, 0.1) is 10.5 Å². The van der Waals surface area contributed by atoms with Crippen molar-refractivity contribution < 1.29 is 19.2 Å². The van der Waals surface area contributed by atoms with Crippen molar-refractivity contribution in [2.24, 2.45) is 0 Å². The number of rotatable bonds is 7. The molecular weight excluding hydrogens is 380 g/mol. The van der Waals surface area contributed by atoms with E-state index in [0.717, 1.165) is 16.7 Å². The second kappa shape index (κ2) is 9.21. The number of halogens is 1. The minimum absolute atomic E-state index is 0.0256. The van der Waals surface area contributed by atoms with E-state index in [2.05, 4.69) is 5.32 Å². The van der Waals surface area contributed by atoms with Gasteiger partial charge in [0.15, 0.2) is 6.61 Å². The number of nitro benzene ring substituents is 1. The number of anilines is 1. The fourth-order valence-electron chi connectivity index (χ4n) is 2.07. The topological polar surface area (TPSA) is 98.5 Å². The first-order valence-electron chi connectivity index (χ1n) is 7.55. The van der Waals surface area contributed by atoms with Crippen molar-refractivity contribution in [1.29, 1.82) is 0 Å². The Labute approximate surface area is 158 Å². The van der Waals surface area contributed by atoms with Gasteiger partial charge in [0, 0.05) is 16.0 Å². The van der Waals surface area contributed by atoms with Crippen LogP contribution in [0.25, 0.3) is 0 Å². The molecule has 26 heavy (non-hydrogen) atoms. The molecular formula is C17H15ClN2O5S. The number of hydrogen-bond acceptors (Lipinski definition) is 6. The van der Waals surface area contributed by atoms with Crippen molar-refractivity contribution in [3.63, 3.8) is 0 Å². The third-order valence-corrected chi connectivity index (χ3v) is 4.36. The molecule has 2 rings (SSSR count). The van der Waals surface area contributed by atoms with Crippen molar-refractivity contribution in [3.8, 4) is 0 Å². The van der Waals surface area contributed by atoms with E-state index in [4.69, 9.17) is 16.3 Å². The number of amides is 1. The molecule has 0 fully saturated rings. The van der Waals surface area contributed by atoms with Gasteiger partial charge in [0.25, 0.3) is 11.6 Å². The summed E-state index contributed by atoms with van der Waals surface area (Å²) in [6.07, 6.45) is 0. The van der Waals surface area contributed by atoms with Crippen LogP contribution in [-0.4, -0.2) is 29.2 Å².